The number of nitrogens with zero attached hydrogens (tertiary/aromatic N) is 2. The molecular weight excluding hydrogens is 255 g/mol. The Kier molecular flexibility index (Phi) is 3.01. The van der Waals surface area contributed by atoms with E-state index in [-0.39, 0.29) is 5.15 Å². The first-order valence-electron chi connectivity index (χ1n) is 4.87. The molecule has 3 nitrogen and oxygen atoms in total. The Balaban J connectivity index is 2.57. The molecule has 2 rings (SSSR count). The zero-order valence-electron chi connectivity index (χ0n) is 8.63. The molecule has 0 bridgehead atoms. The summed E-state index contributed by atoms with van der Waals surface area (Å²) in [6.07, 6.45) is -3.03. The van der Waals surface area contributed by atoms with Crippen molar-refractivity contribution in [1.82, 2.24) is 9.38 Å². The molecule has 0 aliphatic heterocycles. The van der Waals surface area contributed by atoms with E-state index in [4.69, 9.17) is 17.3 Å². The van der Waals surface area contributed by atoms with E-state index in [1.165, 1.54) is 10.5 Å². The lowest BCUT2D eigenvalue weighted by Gasteiger charge is -2.06. The first-order valence-corrected chi connectivity index (χ1v) is 5.25. The maximum absolute atomic E-state index is 12.5. The zero-order chi connectivity index (χ0) is 12.6. The predicted molar refractivity (Wildman–Crippen MR) is 58.0 cm³/mol. The second-order valence-corrected chi connectivity index (χ2v) is 3.89. The van der Waals surface area contributed by atoms with Crippen LogP contribution < -0.4 is 5.73 Å². The van der Waals surface area contributed by atoms with E-state index >= 15 is 0 Å². The Morgan fingerprint density at radius 1 is 1.35 bits per heavy atom. The van der Waals surface area contributed by atoms with Crippen molar-refractivity contribution in [3.8, 4) is 0 Å². The number of alkyl halides is 3. The van der Waals surface area contributed by atoms with Gasteiger partial charge in [0.05, 0.1) is 11.3 Å². The van der Waals surface area contributed by atoms with E-state index in [1.807, 2.05) is 0 Å². The average Bonchev–Trinajstić information content (AvgIpc) is 2.55. The molecule has 0 saturated carbocycles. The molecule has 0 aromatic carbocycles. The highest BCUT2D eigenvalue weighted by Crippen LogP contribution is 2.30. The second-order valence-electron chi connectivity index (χ2n) is 3.53. The molecular formula is C10H9ClF3N3. The Morgan fingerprint density at radius 2 is 2.06 bits per heavy atom. The van der Waals surface area contributed by atoms with Crippen LogP contribution >= 0.6 is 11.6 Å². The Hall–Kier alpha value is -1.27. The molecule has 0 radical (unpaired) electrons. The van der Waals surface area contributed by atoms with E-state index in [0.717, 1.165) is 12.3 Å². The van der Waals surface area contributed by atoms with Crippen LogP contribution in [0.2, 0.25) is 5.15 Å². The molecule has 0 unspecified atom stereocenters. The third-order valence-electron chi connectivity index (χ3n) is 2.33. The van der Waals surface area contributed by atoms with Gasteiger partial charge in [-0.3, -0.25) is 4.40 Å². The third kappa shape index (κ3) is 2.23. The van der Waals surface area contributed by atoms with E-state index in [1.54, 1.807) is 0 Å². The van der Waals surface area contributed by atoms with E-state index in [9.17, 15) is 13.2 Å². The minimum Gasteiger partial charge on any atom is -0.330 e. The van der Waals surface area contributed by atoms with Gasteiger partial charge in [0, 0.05) is 12.6 Å². The topological polar surface area (TPSA) is 43.3 Å². The van der Waals surface area contributed by atoms with Gasteiger partial charge in [-0.2, -0.15) is 13.2 Å². The number of rotatable bonds is 2. The van der Waals surface area contributed by atoms with Gasteiger partial charge in [0.15, 0.2) is 0 Å². The Labute approximate surface area is 100 Å². The van der Waals surface area contributed by atoms with Gasteiger partial charge in [0.2, 0.25) is 0 Å². The first-order chi connectivity index (χ1) is 7.93. The monoisotopic (exact) mass is 263 g/mol. The summed E-state index contributed by atoms with van der Waals surface area (Å²) >= 11 is 5.94. The molecule has 0 spiro atoms. The molecule has 92 valence electrons. The molecule has 0 saturated heterocycles. The highest BCUT2D eigenvalue weighted by molar-refractivity contribution is 6.30. The highest BCUT2D eigenvalue weighted by atomic mass is 35.5. The van der Waals surface area contributed by atoms with Gasteiger partial charge < -0.3 is 5.73 Å². The summed E-state index contributed by atoms with van der Waals surface area (Å²) < 4.78 is 38.7. The van der Waals surface area contributed by atoms with Gasteiger partial charge in [-0.05, 0) is 18.7 Å². The lowest BCUT2D eigenvalue weighted by Crippen LogP contribution is -2.06. The number of hydrogen-bond acceptors (Lipinski definition) is 2. The summed E-state index contributed by atoms with van der Waals surface area (Å²) in [5.41, 5.74) is 5.49. The lowest BCUT2D eigenvalue weighted by atomic mass is 10.3. The SMILES string of the molecule is NCCc1nc2ccc(C(F)(F)F)cn2c1Cl. The van der Waals surface area contributed by atoms with Crippen molar-refractivity contribution in [2.45, 2.75) is 12.6 Å². The maximum Gasteiger partial charge on any atom is 0.417 e. The molecule has 0 aliphatic carbocycles. The van der Waals surface area contributed by atoms with Gasteiger partial charge in [0.25, 0.3) is 0 Å². The molecule has 17 heavy (non-hydrogen) atoms. The summed E-state index contributed by atoms with van der Waals surface area (Å²) in [4.78, 5) is 4.11. The summed E-state index contributed by atoms with van der Waals surface area (Å²) in [7, 11) is 0. The van der Waals surface area contributed by atoms with Crippen LogP contribution in [-0.2, 0) is 12.6 Å². The van der Waals surface area contributed by atoms with Crippen molar-refractivity contribution < 1.29 is 13.2 Å². The molecule has 7 heteroatoms. The summed E-state index contributed by atoms with van der Waals surface area (Å²) in [6, 6.07) is 2.26. The van der Waals surface area contributed by atoms with Crippen LogP contribution in [0.5, 0.6) is 0 Å². The van der Waals surface area contributed by atoms with Gasteiger partial charge in [0.1, 0.15) is 10.8 Å². The molecule has 0 atom stereocenters. The van der Waals surface area contributed by atoms with Gasteiger partial charge in [-0.1, -0.05) is 11.6 Å². The normalized spacial score (nSPS) is 12.3. The van der Waals surface area contributed by atoms with E-state index in [0.29, 0.717) is 24.3 Å². The molecule has 0 amide bonds. The van der Waals surface area contributed by atoms with Crippen LogP contribution in [0.25, 0.3) is 5.65 Å². The van der Waals surface area contributed by atoms with Crippen molar-refractivity contribution in [2.75, 3.05) is 6.54 Å². The standard InChI is InChI=1S/C10H9ClF3N3/c11-9-7(3-4-15)16-8-2-1-6(5-17(8)9)10(12,13)14/h1-2,5H,3-4,15H2. The number of halogens is 4. The molecule has 2 aromatic heterocycles. The van der Waals surface area contributed by atoms with Crippen LogP contribution in [0, 0.1) is 0 Å². The molecule has 2 aromatic rings. The summed E-state index contributed by atoms with van der Waals surface area (Å²) in [6.45, 7) is 0.343. The minimum absolute atomic E-state index is 0.177. The fourth-order valence-corrected chi connectivity index (χ4v) is 1.80. The maximum atomic E-state index is 12.5. The van der Waals surface area contributed by atoms with E-state index in [2.05, 4.69) is 4.98 Å². The van der Waals surface area contributed by atoms with E-state index < -0.39 is 11.7 Å². The Bertz CT molecular complexity index is 547. The fourth-order valence-electron chi connectivity index (χ4n) is 1.53. The smallest absolute Gasteiger partial charge is 0.330 e. The van der Waals surface area contributed by atoms with Crippen molar-refractivity contribution in [3.05, 3.63) is 34.7 Å². The Morgan fingerprint density at radius 3 is 2.65 bits per heavy atom. The first kappa shape index (κ1) is 12.2. The van der Waals surface area contributed by atoms with Crippen molar-refractivity contribution in [3.63, 3.8) is 0 Å². The predicted octanol–water partition coefficient (Wildman–Crippen LogP) is 2.51. The van der Waals surface area contributed by atoms with Crippen LogP contribution in [0.3, 0.4) is 0 Å². The average molecular weight is 264 g/mol. The second kappa shape index (κ2) is 4.19. The van der Waals surface area contributed by atoms with Crippen molar-refractivity contribution in [1.29, 1.82) is 0 Å². The number of hydrogen-bond donors (Lipinski definition) is 1. The van der Waals surface area contributed by atoms with Crippen molar-refractivity contribution >= 4 is 17.2 Å². The zero-order valence-corrected chi connectivity index (χ0v) is 9.39. The van der Waals surface area contributed by atoms with Crippen LogP contribution in [-0.4, -0.2) is 15.9 Å². The van der Waals surface area contributed by atoms with Crippen LogP contribution in [0.15, 0.2) is 18.3 Å². The lowest BCUT2D eigenvalue weighted by molar-refractivity contribution is -0.137. The number of imidazole rings is 1. The highest BCUT2D eigenvalue weighted by Gasteiger charge is 2.31. The molecule has 2 heterocycles. The number of pyridine rings is 1. The molecule has 0 aliphatic rings. The van der Waals surface area contributed by atoms with Crippen LogP contribution in [0.1, 0.15) is 11.3 Å². The number of fused-ring (bicyclic) bond motifs is 1. The third-order valence-corrected chi connectivity index (χ3v) is 2.73. The van der Waals surface area contributed by atoms with Gasteiger partial charge in [-0.25, -0.2) is 4.98 Å². The minimum atomic E-state index is -4.39. The number of nitrogens with two attached hydrogens (primary N) is 1. The number of aromatic nitrogens is 2. The molecule has 2 N–H and O–H groups in total. The quantitative estimate of drug-likeness (QED) is 0.905. The van der Waals surface area contributed by atoms with Gasteiger partial charge in [-0.15, -0.1) is 0 Å². The largest absolute Gasteiger partial charge is 0.417 e. The summed E-state index contributed by atoms with van der Waals surface area (Å²) in [5, 5.41) is 0.177. The fraction of sp³-hybridized carbons (Fsp3) is 0.300. The van der Waals surface area contributed by atoms with Crippen LogP contribution in [0.4, 0.5) is 13.2 Å². The van der Waals surface area contributed by atoms with Crippen molar-refractivity contribution in [2.24, 2.45) is 5.73 Å². The summed E-state index contributed by atoms with van der Waals surface area (Å²) in [5.74, 6) is 0. The molecule has 0 fully saturated rings. The van der Waals surface area contributed by atoms with Gasteiger partial charge >= 0.3 is 6.18 Å².